The molecule has 31 heteroatoms. The number of carboxylic acids is 1. The van der Waals surface area contributed by atoms with Crippen LogP contribution in [-0.4, -0.2) is 118 Å². The summed E-state index contributed by atoms with van der Waals surface area (Å²) in [4.78, 5) is 79.9. The second kappa shape index (κ2) is 37.9. The highest BCUT2D eigenvalue weighted by Crippen LogP contribution is 2.47. The zero-order valence-electron chi connectivity index (χ0n) is 73.5. The van der Waals surface area contributed by atoms with E-state index in [1.165, 1.54) is 12.0 Å². The maximum atomic E-state index is 12.7. The molecule has 0 atom stereocenters. The zero-order chi connectivity index (χ0) is 88.5. The van der Waals surface area contributed by atoms with Crippen LogP contribution >= 0.6 is 37.2 Å². The molecule has 130 heavy (non-hydrogen) atoms. The molecule has 0 saturated heterocycles. The van der Waals surface area contributed by atoms with Crippen molar-refractivity contribution >= 4 is 111 Å². The van der Waals surface area contributed by atoms with E-state index in [9.17, 15) is 14.4 Å². The number of alkyl carbamates (subject to hydrolysis) is 2. The molecule has 0 spiro atoms. The van der Waals surface area contributed by atoms with Crippen LogP contribution in [0.3, 0.4) is 0 Å². The molecule has 11 aromatic heterocycles. The van der Waals surface area contributed by atoms with Crippen LogP contribution in [0.5, 0.6) is 0 Å². The third kappa shape index (κ3) is 19.6. The van der Waals surface area contributed by atoms with Crippen LogP contribution in [0.1, 0.15) is 133 Å². The number of hydrazine groups is 1. The Morgan fingerprint density at radius 2 is 0.792 bits per heavy atom. The molecule has 6 aromatic carbocycles. The van der Waals surface area contributed by atoms with Gasteiger partial charge in [0.15, 0.2) is 28.8 Å². The number of nitrogens with one attached hydrogen (secondary N) is 4. The Hall–Kier alpha value is -14.3. The number of anilines is 1. The lowest BCUT2D eigenvalue weighted by molar-refractivity contribution is -0.134. The lowest BCUT2D eigenvalue weighted by Crippen LogP contribution is -2.52. The summed E-state index contributed by atoms with van der Waals surface area (Å²) in [6.07, 6.45) is 24.2. The molecule has 17 aromatic rings. The molecule has 20 rings (SSSR count). The van der Waals surface area contributed by atoms with Crippen LogP contribution < -0.4 is 27.2 Å². The van der Waals surface area contributed by atoms with Gasteiger partial charge in [0.1, 0.15) is 28.3 Å². The predicted molar refractivity (Wildman–Crippen MR) is 512 cm³/mol. The Bertz CT molecular complexity index is 6960. The maximum absolute atomic E-state index is 12.7. The molecule has 0 bridgehead atoms. The van der Waals surface area contributed by atoms with E-state index in [0.29, 0.717) is 23.2 Å². The van der Waals surface area contributed by atoms with E-state index in [1.54, 1.807) is 43.0 Å². The van der Waals surface area contributed by atoms with Gasteiger partial charge in [-0.2, -0.15) is 0 Å². The number of pyridine rings is 6. The molecule has 3 saturated carbocycles. The molecule has 0 aliphatic heterocycles. The number of benzene rings is 6. The summed E-state index contributed by atoms with van der Waals surface area (Å²) < 4.78 is 20.6. The third-order valence-electron chi connectivity index (χ3n) is 23.1. The number of ether oxygens (including phenoxy) is 2. The van der Waals surface area contributed by atoms with Gasteiger partial charge in [-0.15, -0.1) is 57.6 Å². The van der Waals surface area contributed by atoms with Crippen LogP contribution in [-0.2, 0) is 52.0 Å². The number of amides is 3. The molecule has 0 radical (unpaired) electrons. The summed E-state index contributed by atoms with van der Waals surface area (Å²) in [5.41, 5.74) is 30.9. The third-order valence-corrected chi connectivity index (χ3v) is 23.1. The molecule has 28 nitrogen and oxygen atoms in total. The number of hydrogen-bond acceptors (Lipinski definition) is 19. The van der Waals surface area contributed by atoms with E-state index < -0.39 is 34.3 Å². The highest BCUT2D eigenvalue weighted by Gasteiger charge is 2.43. The van der Waals surface area contributed by atoms with Crippen molar-refractivity contribution in [3.63, 3.8) is 0 Å². The Morgan fingerprint density at radius 3 is 1.13 bits per heavy atom. The summed E-state index contributed by atoms with van der Waals surface area (Å²) >= 11 is 0. The zero-order valence-corrected chi connectivity index (χ0v) is 75.9. The lowest BCUT2D eigenvalue weighted by Gasteiger charge is -2.43. The van der Waals surface area contributed by atoms with E-state index in [4.69, 9.17) is 40.1 Å². The number of aliphatic carboxylic acids is 1. The Balaban J connectivity index is 0.000000153. The average molecular weight is 1800 g/mol. The molecule has 7 N–H and O–H groups in total. The molecular formula is C99H100Cl3N21O7. The van der Waals surface area contributed by atoms with Crippen LogP contribution in [0.15, 0.2) is 256 Å². The number of hydrogen-bond donors (Lipinski definition) is 6. The molecule has 3 fully saturated rings. The van der Waals surface area contributed by atoms with E-state index in [0.717, 1.165) is 192 Å². The van der Waals surface area contributed by atoms with Crippen LogP contribution in [0, 0.1) is 0 Å². The van der Waals surface area contributed by atoms with Crippen molar-refractivity contribution in [2.45, 2.75) is 134 Å². The SMILES string of the molecule is CC(=O)O.Cl.Cl.Cl.Cn1cnc(-c2nnc3c4cc(-c5ccccc5)c(-c5ccc(C6(N)CCC6)cc5)nc4ccn23)c1.Cn1cnc(-c2nnc3c4cc(-c5ccccc5)c(-c5ccc(C6(NC(=O)OC(C)(C)C)CCC6)cc5)nc4ccn23)c1.Cn1cnc(C(=O)NNc2nccc3nc(-c4ccc(C5(NC(=O)OC(C)(C)C)CCC5)cc4)c(-c4ccccc4)cc23)c1. The van der Waals surface area contributed by atoms with Crippen LogP contribution in [0.25, 0.3) is 134 Å². The van der Waals surface area contributed by atoms with Gasteiger partial charge in [-0.1, -0.05) is 164 Å². The van der Waals surface area contributed by atoms with Crippen molar-refractivity contribution < 1.29 is 33.8 Å². The monoisotopic (exact) mass is 1800 g/mol. The van der Waals surface area contributed by atoms with E-state index in [-0.39, 0.29) is 54.8 Å². The summed E-state index contributed by atoms with van der Waals surface area (Å²) in [6, 6.07) is 68.2. The van der Waals surface area contributed by atoms with Crippen molar-refractivity contribution in [1.29, 1.82) is 0 Å². The number of fused-ring (bicyclic) bond motifs is 7. The summed E-state index contributed by atoms with van der Waals surface area (Å²) in [6.45, 7) is 12.3. The van der Waals surface area contributed by atoms with Crippen LogP contribution in [0.4, 0.5) is 15.4 Å². The second-order valence-corrected chi connectivity index (χ2v) is 34.6. The van der Waals surface area contributed by atoms with Gasteiger partial charge in [0, 0.05) is 120 Å². The second-order valence-electron chi connectivity index (χ2n) is 34.6. The minimum Gasteiger partial charge on any atom is -0.481 e. The normalized spacial score (nSPS) is 13.8. The average Bonchev–Trinajstić information content (AvgIpc) is 1.54. The summed E-state index contributed by atoms with van der Waals surface area (Å²) in [5.74, 6) is 0.657. The number of halogens is 3. The molecule has 664 valence electrons. The lowest BCUT2D eigenvalue weighted by atomic mass is 9.71. The first kappa shape index (κ1) is 91.9. The standard InChI is InChI=1S/C34H35N7O3.C34H33N7O2.C29H25N7.C2H4O2.3ClH/c1-33(2,3)44-32(43)38-34(16-8-17-34)24-13-11-23(12-14-24)29-25(22-9-6-5-7-10-22)19-26-27(37-29)15-18-35-30(26)39-40-31(42)28-20-41(4)21-36-28;1-33(2,3)43-32(42)37-34(16-8-17-34)24-13-11-23(12-14-24)29-25(22-9-6-5-7-10-22)19-26-27(36-29)15-18-41-30(26)38-39-31(41)28-20-40(4)21-35-28;1-35-17-25(31-18-35)28-34-33-27-23-16-22(19-6-3-2-4-7-19)26(32-24(23)12-15-36(27)28)20-8-10-21(11-9-20)29(30)13-5-14-29;1-2(3)4;;;/h5-7,9-15,18-21H,8,16-17H2,1-4H3,(H,35,39)(H,38,43)(H,40,42);5-7,9-15,18-21H,8,16-17H2,1-4H3,(H,37,42);2-4,6-12,15-18H,5,13-14,30H2,1H3;1H3,(H,3,4);3*1H. The summed E-state index contributed by atoms with van der Waals surface area (Å²) in [7, 11) is 5.68. The number of carboxylic acid groups (broad SMARTS) is 1. The number of nitrogens with two attached hydrogens (primary N) is 1. The number of carbonyl (C=O) groups is 4. The topological polar surface area (TPSA) is 347 Å². The van der Waals surface area contributed by atoms with Crippen molar-refractivity contribution in [2.24, 2.45) is 26.9 Å². The smallest absolute Gasteiger partial charge is 0.408 e. The number of aromatic nitrogens is 16. The Labute approximate surface area is 769 Å². The van der Waals surface area contributed by atoms with Gasteiger partial charge >= 0.3 is 12.2 Å². The van der Waals surface area contributed by atoms with Gasteiger partial charge in [-0.3, -0.25) is 29.2 Å². The predicted octanol–water partition coefficient (Wildman–Crippen LogP) is 20.0. The Kier molecular flexibility index (Phi) is 26.8. The van der Waals surface area contributed by atoms with Gasteiger partial charge in [-0.25, -0.2) is 44.5 Å². The van der Waals surface area contributed by atoms with Gasteiger partial charge < -0.3 is 44.6 Å². The number of rotatable bonds is 16. The van der Waals surface area contributed by atoms with Crippen molar-refractivity contribution in [3.05, 3.63) is 279 Å². The van der Waals surface area contributed by atoms with Crippen molar-refractivity contribution in [1.82, 2.24) is 93.8 Å². The maximum Gasteiger partial charge on any atom is 0.408 e. The molecule has 11 heterocycles. The van der Waals surface area contributed by atoms with Gasteiger partial charge in [0.05, 0.1) is 63.7 Å². The van der Waals surface area contributed by atoms with E-state index in [2.05, 4.69) is 183 Å². The summed E-state index contributed by atoms with van der Waals surface area (Å²) in [5, 5.41) is 34.3. The quantitative estimate of drug-likeness (QED) is 0.0489. The largest absolute Gasteiger partial charge is 0.481 e. The first-order valence-electron chi connectivity index (χ1n) is 42.3. The fraction of sp³-hybridized carbons (Fsp3) is 0.242. The first-order chi connectivity index (χ1) is 61.1. The number of nitrogens with zero attached hydrogens (tertiary/aromatic N) is 16. The van der Waals surface area contributed by atoms with E-state index >= 15 is 0 Å². The molecule has 3 amide bonds. The number of aryl methyl sites for hydroxylation is 3. The van der Waals surface area contributed by atoms with E-state index in [1.807, 2.05) is 177 Å². The fourth-order valence-electron chi connectivity index (χ4n) is 16.4. The number of carbonyl (C=O) groups excluding carboxylic acids is 3. The van der Waals surface area contributed by atoms with Crippen molar-refractivity contribution in [3.8, 4) is 90.2 Å². The van der Waals surface area contributed by atoms with Gasteiger partial charge in [-0.05, 0) is 169 Å². The number of imidazole rings is 3. The minimum absolute atomic E-state index is 0. The highest BCUT2D eigenvalue weighted by molar-refractivity contribution is 6.02. The molecule has 3 aliphatic rings. The molecule has 0 unspecified atom stereocenters. The van der Waals surface area contributed by atoms with Gasteiger partial charge in [0.25, 0.3) is 11.9 Å². The Morgan fingerprint density at radius 1 is 0.431 bits per heavy atom. The fourth-order valence-corrected chi connectivity index (χ4v) is 16.4. The van der Waals surface area contributed by atoms with Gasteiger partial charge in [0.2, 0.25) is 0 Å². The van der Waals surface area contributed by atoms with Crippen molar-refractivity contribution in [2.75, 3.05) is 5.43 Å². The highest BCUT2D eigenvalue weighted by atomic mass is 35.5. The van der Waals surface area contributed by atoms with Crippen LogP contribution in [0.2, 0.25) is 0 Å². The molecular weight excluding hydrogens is 1700 g/mol. The first-order valence-corrected chi connectivity index (χ1v) is 42.3. The molecule has 3 aliphatic carbocycles. The minimum atomic E-state index is -0.833.